The summed E-state index contributed by atoms with van der Waals surface area (Å²) in [5.74, 6) is -0.0985. The first-order valence-electron chi connectivity index (χ1n) is 6.13. The van der Waals surface area contributed by atoms with Crippen molar-refractivity contribution in [3.05, 3.63) is 12.7 Å². The molecule has 3 nitrogen and oxygen atoms in total. The largest absolute Gasteiger partial charge is 0.376 e. The van der Waals surface area contributed by atoms with Crippen LogP contribution in [-0.4, -0.2) is 29.7 Å². The molecule has 0 fully saturated rings. The SMILES string of the molecule is C=CC(=O)C(C)(C)OC(C)CC(C)(C)OCC. The highest BCUT2D eigenvalue weighted by Gasteiger charge is 2.30. The topological polar surface area (TPSA) is 35.5 Å². The van der Waals surface area contributed by atoms with E-state index < -0.39 is 5.60 Å². The first-order chi connectivity index (χ1) is 7.64. The van der Waals surface area contributed by atoms with Crippen LogP contribution in [0.15, 0.2) is 12.7 Å². The van der Waals surface area contributed by atoms with Crippen LogP contribution in [0.5, 0.6) is 0 Å². The Morgan fingerprint density at radius 3 is 2.29 bits per heavy atom. The fraction of sp³-hybridized carbons (Fsp3) is 0.786. The van der Waals surface area contributed by atoms with Gasteiger partial charge < -0.3 is 9.47 Å². The number of ether oxygens (including phenoxy) is 2. The van der Waals surface area contributed by atoms with Gasteiger partial charge in [0, 0.05) is 13.0 Å². The average molecular weight is 242 g/mol. The number of carbonyl (C=O) groups is 1. The number of ketones is 1. The summed E-state index contributed by atoms with van der Waals surface area (Å²) in [6, 6.07) is 0. The van der Waals surface area contributed by atoms with Crippen LogP contribution in [0.3, 0.4) is 0 Å². The van der Waals surface area contributed by atoms with E-state index in [1.165, 1.54) is 6.08 Å². The first kappa shape index (κ1) is 16.3. The van der Waals surface area contributed by atoms with E-state index in [2.05, 4.69) is 6.58 Å². The molecule has 0 saturated heterocycles. The third-order valence-corrected chi connectivity index (χ3v) is 2.59. The van der Waals surface area contributed by atoms with Crippen LogP contribution in [0.2, 0.25) is 0 Å². The Kier molecular flexibility index (Phi) is 6.06. The molecular weight excluding hydrogens is 216 g/mol. The van der Waals surface area contributed by atoms with Crippen molar-refractivity contribution in [1.82, 2.24) is 0 Å². The lowest BCUT2D eigenvalue weighted by Gasteiger charge is -2.32. The molecule has 0 aliphatic heterocycles. The van der Waals surface area contributed by atoms with Gasteiger partial charge in [0.2, 0.25) is 0 Å². The van der Waals surface area contributed by atoms with Gasteiger partial charge in [-0.3, -0.25) is 4.79 Å². The quantitative estimate of drug-likeness (QED) is 0.613. The maximum atomic E-state index is 11.6. The molecule has 0 aliphatic rings. The Morgan fingerprint density at radius 1 is 1.35 bits per heavy atom. The molecule has 0 aromatic carbocycles. The van der Waals surface area contributed by atoms with E-state index in [4.69, 9.17) is 9.47 Å². The van der Waals surface area contributed by atoms with E-state index in [-0.39, 0.29) is 17.5 Å². The third-order valence-electron chi connectivity index (χ3n) is 2.59. The molecule has 1 unspecified atom stereocenters. The van der Waals surface area contributed by atoms with Crippen LogP contribution < -0.4 is 0 Å². The minimum atomic E-state index is -0.816. The predicted octanol–water partition coefficient (Wildman–Crippen LogP) is 3.13. The molecule has 0 N–H and O–H groups in total. The lowest BCUT2D eigenvalue weighted by molar-refractivity contribution is -0.147. The van der Waals surface area contributed by atoms with Crippen molar-refractivity contribution in [2.75, 3.05) is 6.61 Å². The number of carbonyl (C=O) groups excluding carboxylic acids is 1. The van der Waals surface area contributed by atoms with Crippen LogP contribution >= 0.6 is 0 Å². The zero-order chi connectivity index (χ0) is 13.7. The Balaban J connectivity index is 4.40. The summed E-state index contributed by atoms with van der Waals surface area (Å²) in [5.41, 5.74) is -1.05. The normalized spacial score (nSPS) is 14.5. The van der Waals surface area contributed by atoms with Gasteiger partial charge in [-0.1, -0.05) is 6.58 Å². The van der Waals surface area contributed by atoms with E-state index in [0.717, 1.165) is 6.42 Å². The molecule has 0 radical (unpaired) electrons. The number of rotatable bonds is 8. The van der Waals surface area contributed by atoms with Crippen molar-refractivity contribution in [3.8, 4) is 0 Å². The van der Waals surface area contributed by atoms with Gasteiger partial charge in [-0.2, -0.15) is 0 Å². The molecular formula is C14H26O3. The number of hydrogen-bond acceptors (Lipinski definition) is 3. The standard InChI is InChI=1S/C14H26O3/c1-8-12(15)14(6,7)17-11(3)10-13(4,5)16-9-2/h8,11H,1,9-10H2,2-7H3. The molecule has 0 spiro atoms. The van der Waals surface area contributed by atoms with E-state index in [0.29, 0.717) is 6.61 Å². The van der Waals surface area contributed by atoms with Crippen LogP contribution in [0.25, 0.3) is 0 Å². The highest BCUT2D eigenvalue weighted by atomic mass is 16.5. The summed E-state index contributed by atoms with van der Waals surface area (Å²) in [7, 11) is 0. The lowest BCUT2D eigenvalue weighted by atomic mass is 9.99. The molecule has 100 valence electrons. The second-order valence-corrected chi connectivity index (χ2v) is 5.40. The predicted molar refractivity (Wildman–Crippen MR) is 70.2 cm³/mol. The zero-order valence-electron chi connectivity index (χ0n) is 12.0. The zero-order valence-corrected chi connectivity index (χ0v) is 12.0. The maximum Gasteiger partial charge on any atom is 0.186 e. The molecule has 0 bridgehead atoms. The van der Waals surface area contributed by atoms with Crippen molar-refractivity contribution < 1.29 is 14.3 Å². The Morgan fingerprint density at radius 2 is 1.88 bits per heavy atom. The summed E-state index contributed by atoms with van der Waals surface area (Å²) in [5, 5.41) is 0. The van der Waals surface area contributed by atoms with E-state index in [1.807, 2.05) is 27.7 Å². The molecule has 0 rings (SSSR count). The van der Waals surface area contributed by atoms with Crippen LogP contribution in [-0.2, 0) is 14.3 Å². The van der Waals surface area contributed by atoms with Gasteiger partial charge in [-0.25, -0.2) is 0 Å². The summed E-state index contributed by atoms with van der Waals surface area (Å²) in [6.45, 7) is 15.7. The summed E-state index contributed by atoms with van der Waals surface area (Å²) in [6.07, 6.45) is 2.00. The highest BCUT2D eigenvalue weighted by Crippen LogP contribution is 2.22. The summed E-state index contributed by atoms with van der Waals surface area (Å²) < 4.78 is 11.4. The van der Waals surface area contributed by atoms with E-state index in [1.54, 1.807) is 13.8 Å². The van der Waals surface area contributed by atoms with Gasteiger partial charge in [0.1, 0.15) is 5.60 Å². The van der Waals surface area contributed by atoms with Crippen molar-refractivity contribution in [1.29, 1.82) is 0 Å². The van der Waals surface area contributed by atoms with Crippen molar-refractivity contribution >= 4 is 5.78 Å². The van der Waals surface area contributed by atoms with Gasteiger partial charge in [0.05, 0.1) is 11.7 Å². The first-order valence-corrected chi connectivity index (χ1v) is 6.13. The molecule has 0 aromatic rings. The molecule has 3 heteroatoms. The van der Waals surface area contributed by atoms with Gasteiger partial charge in [-0.05, 0) is 47.6 Å². The van der Waals surface area contributed by atoms with Gasteiger partial charge in [0.15, 0.2) is 5.78 Å². The molecule has 0 aliphatic carbocycles. The molecule has 0 amide bonds. The third kappa shape index (κ3) is 5.99. The molecule has 0 heterocycles. The van der Waals surface area contributed by atoms with Gasteiger partial charge in [-0.15, -0.1) is 0 Å². The summed E-state index contributed by atoms with van der Waals surface area (Å²) in [4.78, 5) is 11.6. The number of hydrogen-bond donors (Lipinski definition) is 0. The van der Waals surface area contributed by atoms with E-state index >= 15 is 0 Å². The minimum absolute atomic E-state index is 0.0459. The lowest BCUT2D eigenvalue weighted by Crippen LogP contribution is -2.39. The molecule has 0 saturated carbocycles. The van der Waals surface area contributed by atoms with Crippen molar-refractivity contribution in [2.24, 2.45) is 0 Å². The molecule has 17 heavy (non-hydrogen) atoms. The second kappa shape index (κ2) is 6.31. The maximum absolute atomic E-state index is 11.6. The van der Waals surface area contributed by atoms with Gasteiger partial charge >= 0.3 is 0 Å². The minimum Gasteiger partial charge on any atom is -0.376 e. The van der Waals surface area contributed by atoms with Crippen LogP contribution in [0, 0.1) is 0 Å². The van der Waals surface area contributed by atoms with Crippen LogP contribution in [0.1, 0.15) is 48.0 Å². The monoisotopic (exact) mass is 242 g/mol. The van der Waals surface area contributed by atoms with Crippen molar-refractivity contribution in [2.45, 2.75) is 65.3 Å². The highest BCUT2D eigenvalue weighted by molar-refractivity contribution is 5.95. The molecule has 0 aromatic heterocycles. The van der Waals surface area contributed by atoms with E-state index in [9.17, 15) is 4.79 Å². The molecule has 1 atom stereocenters. The Hall–Kier alpha value is -0.670. The smallest absolute Gasteiger partial charge is 0.186 e. The fourth-order valence-electron chi connectivity index (χ4n) is 1.99. The average Bonchev–Trinajstić information content (AvgIpc) is 2.13. The van der Waals surface area contributed by atoms with Gasteiger partial charge in [0.25, 0.3) is 0 Å². The second-order valence-electron chi connectivity index (χ2n) is 5.40. The summed E-state index contributed by atoms with van der Waals surface area (Å²) >= 11 is 0. The van der Waals surface area contributed by atoms with Crippen LogP contribution in [0.4, 0.5) is 0 Å². The Bertz CT molecular complexity index is 267. The van der Waals surface area contributed by atoms with Crippen molar-refractivity contribution in [3.63, 3.8) is 0 Å². The fourth-order valence-corrected chi connectivity index (χ4v) is 1.99. The Labute approximate surface area is 105 Å².